The molecule has 1 aliphatic carbocycles. The Balaban J connectivity index is 0.00000274. The number of amidine groups is 1. The van der Waals surface area contributed by atoms with Gasteiger partial charge >= 0.3 is 0 Å². The minimum atomic E-state index is 0. The van der Waals surface area contributed by atoms with E-state index in [2.05, 4.69) is 30.9 Å². The molecular weight excluding hydrogens is 496 g/mol. The first-order chi connectivity index (χ1) is 16.0. The molecule has 1 saturated heterocycles. The number of nitrogens with one attached hydrogen (secondary N) is 1. The molecule has 1 N–H and O–H groups in total. The molecule has 5 rings (SSSR count). The normalized spacial score (nSPS) is 17.6. The van der Waals surface area contributed by atoms with E-state index in [9.17, 15) is 4.79 Å². The molecular formula is C26H33BrN4O3. The van der Waals surface area contributed by atoms with E-state index in [4.69, 9.17) is 19.9 Å². The van der Waals surface area contributed by atoms with Gasteiger partial charge in [-0.2, -0.15) is 0 Å². The van der Waals surface area contributed by atoms with Gasteiger partial charge in [0, 0.05) is 42.4 Å². The van der Waals surface area contributed by atoms with Gasteiger partial charge in [-0.1, -0.05) is 19.9 Å². The predicted molar refractivity (Wildman–Crippen MR) is 138 cm³/mol. The first kappa shape index (κ1) is 24.7. The van der Waals surface area contributed by atoms with Crippen molar-refractivity contribution >= 4 is 34.3 Å². The number of rotatable bonds is 7. The number of nitrogens with zero attached hydrogens (tertiary/aromatic N) is 3. The summed E-state index contributed by atoms with van der Waals surface area (Å²) in [5.41, 5.74) is 5.49. The number of ketones is 1. The van der Waals surface area contributed by atoms with Crippen molar-refractivity contribution in [1.29, 1.82) is 5.41 Å². The number of ether oxygens (including phenoxy) is 2. The quantitative estimate of drug-likeness (QED) is 0.532. The maximum absolute atomic E-state index is 13.4. The van der Waals surface area contributed by atoms with Gasteiger partial charge in [0.25, 0.3) is 0 Å². The van der Waals surface area contributed by atoms with Gasteiger partial charge < -0.3 is 19.3 Å². The molecule has 3 heterocycles. The number of morpholine rings is 1. The summed E-state index contributed by atoms with van der Waals surface area (Å²) in [6.07, 6.45) is 2.37. The molecule has 0 spiro atoms. The van der Waals surface area contributed by atoms with Gasteiger partial charge in [0.05, 0.1) is 32.6 Å². The number of carbonyl (C=O) groups excluding carboxylic acids is 1. The van der Waals surface area contributed by atoms with Crippen LogP contribution in [0.25, 0.3) is 0 Å². The van der Waals surface area contributed by atoms with Gasteiger partial charge in [-0.05, 0) is 42.5 Å². The van der Waals surface area contributed by atoms with Crippen LogP contribution in [0, 0.1) is 5.41 Å². The van der Waals surface area contributed by atoms with Gasteiger partial charge in [0.1, 0.15) is 17.3 Å². The summed E-state index contributed by atoms with van der Waals surface area (Å²) in [4.78, 5) is 22.3. The van der Waals surface area contributed by atoms with Crippen molar-refractivity contribution < 1.29 is 14.3 Å². The number of pyridine rings is 1. The molecule has 1 aromatic heterocycles. The molecule has 3 aliphatic rings. The van der Waals surface area contributed by atoms with E-state index in [0.29, 0.717) is 37.1 Å². The highest BCUT2D eigenvalue weighted by atomic mass is 79.9. The Bertz CT molecular complexity index is 1090. The van der Waals surface area contributed by atoms with Crippen LogP contribution < -0.4 is 9.64 Å². The maximum atomic E-state index is 13.4. The lowest BCUT2D eigenvalue weighted by Crippen LogP contribution is -2.37. The number of carbonyl (C=O) groups is 1. The highest BCUT2D eigenvalue weighted by Crippen LogP contribution is 2.40. The fourth-order valence-electron chi connectivity index (χ4n) is 4.76. The lowest BCUT2D eigenvalue weighted by Gasteiger charge is -2.31. The van der Waals surface area contributed by atoms with E-state index < -0.39 is 0 Å². The largest absolute Gasteiger partial charge is 0.494 e. The van der Waals surface area contributed by atoms with Crippen molar-refractivity contribution in [3.05, 3.63) is 52.3 Å². The molecule has 0 amide bonds. The van der Waals surface area contributed by atoms with Gasteiger partial charge in [0.2, 0.25) is 0 Å². The number of halogens is 1. The molecule has 0 radical (unpaired) electrons. The molecule has 34 heavy (non-hydrogen) atoms. The first-order valence-electron chi connectivity index (χ1n) is 11.9. The van der Waals surface area contributed by atoms with Crippen molar-refractivity contribution in [2.24, 2.45) is 0 Å². The van der Waals surface area contributed by atoms with Crippen molar-refractivity contribution in [2.75, 3.05) is 44.9 Å². The van der Waals surface area contributed by atoms with Gasteiger partial charge in [-0.25, -0.2) is 4.98 Å². The van der Waals surface area contributed by atoms with Crippen LogP contribution in [0.1, 0.15) is 71.4 Å². The Morgan fingerprint density at radius 1 is 1.24 bits per heavy atom. The SMILES string of the molecule is Br.COc1c(C(C)C)cc(C(=O)CN2Cc3ccc(C4CC4)nc3C2=N)cc1N1CCOCC1. The number of Topliss-reactive ketones (excluding diaryl/α,β-unsaturated/α-hetero) is 1. The van der Waals surface area contributed by atoms with Crippen LogP contribution in [0.5, 0.6) is 5.75 Å². The number of anilines is 1. The second-order valence-corrected chi connectivity index (χ2v) is 9.52. The van der Waals surface area contributed by atoms with Crippen molar-refractivity contribution in [1.82, 2.24) is 9.88 Å². The minimum Gasteiger partial charge on any atom is -0.494 e. The van der Waals surface area contributed by atoms with Crippen LogP contribution in [0.3, 0.4) is 0 Å². The topological polar surface area (TPSA) is 78.8 Å². The van der Waals surface area contributed by atoms with Crippen LogP contribution in [-0.4, -0.2) is 61.5 Å². The Hall–Kier alpha value is -2.45. The van der Waals surface area contributed by atoms with Crippen LogP contribution in [0.2, 0.25) is 0 Å². The molecule has 0 atom stereocenters. The third-order valence-electron chi connectivity index (χ3n) is 6.83. The summed E-state index contributed by atoms with van der Waals surface area (Å²) in [6, 6.07) is 8.08. The first-order valence-corrected chi connectivity index (χ1v) is 11.9. The number of hydrogen-bond acceptors (Lipinski definition) is 6. The smallest absolute Gasteiger partial charge is 0.182 e. The second-order valence-electron chi connectivity index (χ2n) is 9.52. The zero-order valence-corrected chi connectivity index (χ0v) is 21.8. The zero-order chi connectivity index (χ0) is 23.1. The van der Waals surface area contributed by atoms with Crippen LogP contribution in [0.15, 0.2) is 24.3 Å². The molecule has 182 valence electrons. The fraction of sp³-hybridized carbons (Fsp3) is 0.500. The number of hydrogen-bond donors (Lipinski definition) is 1. The average molecular weight is 529 g/mol. The molecule has 0 unspecified atom stereocenters. The summed E-state index contributed by atoms with van der Waals surface area (Å²) < 4.78 is 11.3. The monoisotopic (exact) mass is 528 g/mol. The van der Waals surface area contributed by atoms with E-state index in [0.717, 1.165) is 47.0 Å². The standard InChI is InChI=1S/C26H32N4O3.BrH/c1-16(2)20-12-19(13-22(25(20)32-3)29-8-10-33-11-9-29)23(31)15-30-14-18-6-7-21(17-4-5-17)28-24(18)26(30)27;/h6-7,12-13,16-17,27H,4-5,8-11,14-15H2,1-3H3;1H. The Kier molecular flexibility index (Phi) is 7.28. The van der Waals surface area contributed by atoms with Crippen molar-refractivity contribution in [2.45, 2.75) is 45.1 Å². The Morgan fingerprint density at radius 2 is 1.97 bits per heavy atom. The molecule has 8 heteroatoms. The van der Waals surface area contributed by atoms with E-state index in [1.165, 1.54) is 12.8 Å². The second kappa shape index (κ2) is 10.0. The van der Waals surface area contributed by atoms with Gasteiger partial charge in [0.15, 0.2) is 5.78 Å². The van der Waals surface area contributed by atoms with E-state index in [-0.39, 0.29) is 35.2 Å². The third-order valence-corrected chi connectivity index (χ3v) is 6.83. The van der Waals surface area contributed by atoms with E-state index >= 15 is 0 Å². The summed E-state index contributed by atoms with van der Waals surface area (Å²) in [5, 5.41) is 8.65. The number of fused-ring (bicyclic) bond motifs is 1. The summed E-state index contributed by atoms with van der Waals surface area (Å²) in [7, 11) is 1.69. The number of aromatic nitrogens is 1. The molecule has 2 aliphatic heterocycles. The molecule has 2 aromatic rings. The maximum Gasteiger partial charge on any atom is 0.182 e. The average Bonchev–Trinajstić information content (AvgIpc) is 3.64. The minimum absolute atomic E-state index is 0. The third kappa shape index (κ3) is 4.70. The fourth-order valence-corrected chi connectivity index (χ4v) is 4.76. The molecule has 0 bridgehead atoms. The molecule has 1 saturated carbocycles. The predicted octanol–water partition coefficient (Wildman–Crippen LogP) is 4.53. The van der Waals surface area contributed by atoms with Crippen molar-refractivity contribution in [3.63, 3.8) is 0 Å². The zero-order valence-electron chi connectivity index (χ0n) is 20.1. The summed E-state index contributed by atoms with van der Waals surface area (Å²) in [5.74, 6) is 1.96. The van der Waals surface area contributed by atoms with Crippen LogP contribution >= 0.6 is 17.0 Å². The van der Waals surface area contributed by atoms with E-state index in [1.54, 1.807) is 7.11 Å². The highest BCUT2D eigenvalue weighted by molar-refractivity contribution is 8.93. The highest BCUT2D eigenvalue weighted by Gasteiger charge is 2.32. The number of benzene rings is 1. The Labute approximate surface area is 211 Å². The number of methoxy groups -OCH3 is 1. The summed E-state index contributed by atoms with van der Waals surface area (Å²) >= 11 is 0. The van der Waals surface area contributed by atoms with Gasteiger partial charge in [-0.3, -0.25) is 10.2 Å². The lowest BCUT2D eigenvalue weighted by molar-refractivity contribution is 0.0962. The van der Waals surface area contributed by atoms with Crippen LogP contribution in [-0.2, 0) is 11.3 Å². The van der Waals surface area contributed by atoms with E-state index in [1.807, 2.05) is 17.0 Å². The molecule has 7 nitrogen and oxygen atoms in total. The molecule has 1 aromatic carbocycles. The molecule has 2 fully saturated rings. The lowest BCUT2D eigenvalue weighted by atomic mass is 9.96. The summed E-state index contributed by atoms with van der Waals surface area (Å²) in [6.45, 7) is 7.83. The Morgan fingerprint density at radius 3 is 2.62 bits per heavy atom. The van der Waals surface area contributed by atoms with Crippen LogP contribution in [0.4, 0.5) is 5.69 Å². The van der Waals surface area contributed by atoms with Gasteiger partial charge in [-0.15, -0.1) is 17.0 Å². The van der Waals surface area contributed by atoms with Crippen molar-refractivity contribution in [3.8, 4) is 5.75 Å².